The molecule has 0 aliphatic carbocycles. The van der Waals surface area contributed by atoms with Crippen molar-refractivity contribution < 1.29 is 4.79 Å². The maximum atomic E-state index is 10.6. The van der Waals surface area contributed by atoms with Gasteiger partial charge in [0.1, 0.15) is 0 Å². The summed E-state index contributed by atoms with van der Waals surface area (Å²) >= 11 is 0. The second kappa shape index (κ2) is 6.83. The number of hydrogen-bond donors (Lipinski definition) is 0. The maximum Gasteiger partial charge on any atom is 0.235 e. The van der Waals surface area contributed by atoms with Crippen LogP contribution in [0.4, 0.5) is 0 Å². The summed E-state index contributed by atoms with van der Waals surface area (Å²) in [5, 5.41) is 0. The molecule has 0 bridgehead atoms. The monoisotopic (exact) mass is 265 g/mol. The largest absolute Gasteiger partial charge is 0.235 e. The van der Waals surface area contributed by atoms with Gasteiger partial charge in [-0.05, 0) is 29.0 Å². The van der Waals surface area contributed by atoms with Crippen molar-refractivity contribution >= 4 is 6.08 Å². The first-order valence-electron chi connectivity index (χ1n) is 6.91. The molecule has 1 atom stereocenters. The Kier molecular flexibility index (Phi) is 4.86. The Morgan fingerprint density at radius 3 is 2.15 bits per heavy atom. The number of rotatable bonds is 5. The van der Waals surface area contributed by atoms with Crippen LogP contribution in [0.2, 0.25) is 0 Å². The molecule has 0 fully saturated rings. The van der Waals surface area contributed by atoms with Crippen molar-refractivity contribution in [1.82, 2.24) is 0 Å². The summed E-state index contributed by atoms with van der Waals surface area (Å²) in [6, 6.07) is 18.2. The van der Waals surface area contributed by atoms with Gasteiger partial charge in [-0.15, -0.1) is 0 Å². The van der Waals surface area contributed by atoms with E-state index in [2.05, 4.69) is 43.1 Å². The summed E-state index contributed by atoms with van der Waals surface area (Å²) in [4.78, 5) is 14.6. The van der Waals surface area contributed by atoms with E-state index in [-0.39, 0.29) is 6.04 Å². The topological polar surface area (TPSA) is 29.4 Å². The van der Waals surface area contributed by atoms with Crippen molar-refractivity contribution in [3.63, 3.8) is 0 Å². The van der Waals surface area contributed by atoms with Gasteiger partial charge in [0.15, 0.2) is 0 Å². The quantitative estimate of drug-likeness (QED) is 0.581. The Bertz CT molecular complexity index is 581. The van der Waals surface area contributed by atoms with E-state index in [1.165, 1.54) is 11.1 Å². The van der Waals surface area contributed by atoms with Crippen LogP contribution >= 0.6 is 0 Å². The first kappa shape index (κ1) is 14.2. The van der Waals surface area contributed by atoms with Gasteiger partial charge in [0.2, 0.25) is 6.08 Å². The summed E-state index contributed by atoms with van der Waals surface area (Å²) in [7, 11) is 0. The lowest BCUT2D eigenvalue weighted by atomic mass is 9.96. The molecule has 0 aliphatic rings. The molecule has 0 aliphatic heterocycles. The average Bonchev–Trinajstić information content (AvgIpc) is 2.48. The van der Waals surface area contributed by atoms with Gasteiger partial charge in [0, 0.05) is 0 Å². The molecule has 0 saturated heterocycles. The molecule has 1 unspecified atom stereocenters. The van der Waals surface area contributed by atoms with Gasteiger partial charge in [-0.3, -0.25) is 0 Å². The molecule has 0 saturated carbocycles. The summed E-state index contributed by atoms with van der Waals surface area (Å²) in [6.45, 7) is 4.36. The number of isocyanates is 1. The SMILES string of the molecule is CC(C)c1ccc(CC(N=C=O)c2ccccc2)cc1. The summed E-state index contributed by atoms with van der Waals surface area (Å²) in [5.74, 6) is 0.530. The zero-order chi connectivity index (χ0) is 14.4. The normalized spacial score (nSPS) is 11.9. The highest BCUT2D eigenvalue weighted by Gasteiger charge is 2.11. The molecule has 0 amide bonds. The molecule has 2 heteroatoms. The number of nitrogens with zero attached hydrogens (tertiary/aromatic N) is 1. The molecule has 2 aromatic carbocycles. The lowest BCUT2D eigenvalue weighted by Gasteiger charge is -2.12. The predicted octanol–water partition coefficient (Wildman–Crippen LogP) is 4.43. The fourth-order valence-electron chi connectivity index (χ4n) is 2.24. The van der Waals surface area contributed by atoms with E-state index in [1.807, 2.05) is 30.3 Å². The van der Waals surface area contributed by atoms with Gasteiger partial charge in [0.25, 0.3) is 0 Å². The van der Waals surface area contributed by atoms with E-state index in [9.17, 15) is 4.79 Å². The molecule has 0 aromatic heterocycles. The van der Waals surface area contributed by atoms with Crippen LogP contribution in [-0.2, 0) is 11.2 Å². The third kappa shape index (κ3) is 3.66. The zero-order valence-electron chi connectivity index (χ0n) is 11.9. The Morgan fingerprint density at radius 2 is 1.60 bits per heavy atom. The molecule has 0 N–H and O–H groups in total. The van der Waals surface area contributed by atoms with Crippen molar-refractivity contribution in [2.24, 2.45) is 4.99 Å². The van der Waals surface area contributed by atoms with E-state index in [4.69, 9.17) is 0 Å². The van der Waals surface area contributed by atoms with Gasteiger partial charge in [-0.25, -0.2) is 4.79 Å². The first-order chi connectivity index (χ1) is 9.70. The second-order valence-corrected chi connectivity index (χ2v) is 5.25. The van der Waals surface area contributed by atoms with Crippen LogP contribution in [0, 0.1) is 0 Å². The van der Waals surface area contributed by atoms with Crippen LogP contribution < -0.4 is 0 Å². The van der Waals surface area contributed by atoms with Crippen LogP contribution in [0.1, 0.15) is 42.5 Å². The summed E-state index contributed by atoms with van der Waals surface area (Å²) < 4.78 is 0. The summed E-state index contributed by atoms with van der Waals surface area (Å²) in [6.07, 6.45) is 2.41. The lowest BCUT2D eigenvalue weighted by Crippen LogP contribution is -2.00. The first-order valence-corrected chi connectivity index (χ1v) is 6.91. The van der Waals surface area contributed by atoms with E-state index in [0.29, 0.717) is 5.92 Å². The fraction of sp³-hybridized carbons (Fsp3) is 0.278. The zero-order valence-corrected chi connectivity index (χ0v) is 11.9. The third-order valence-corrected chi connectivity index (χ3v) is 3.47. The van der Waals surface area contributed by atoms with Gasteiger partial charge >= 0.3 is 0 Å². The van der Waals surface area contributed by atoms with Crippen molar-refractivity contribution in [2.45, 2.75) is 32.2 Å². The highest BCUT2D eigenvalue weighted by Crippen LogP contribution is 2.23. The molecule has 0 heterocycles. The average molecular weight is 265 g/mol. The van der Waals surface area contributed by atoms with Crippen molar-refractivity contribution in [2.75, 3.05) is 0 Å². The molecule has 20 heavy (non-hydrogen) atoms. The van der Waals surface area contributed by atoms with Gasteiger partial charge in [-0.1, -0.05) is 68.4 Å². The molecule has 2 nitrogen and oxygen atoms in total. The minimum atomic E-state index is -0.154. The minimum absolute atomic E-state index is 0.154. The maximum absolute atomic E-state index is 10.6. The van der Waals surface area contributed by atoms with Crippen LogP contribution in [0.3, 0.4) is 0 Å². The van der Waals surface area contributed by atoms with Crippen LogP contribution in [0.5, 0.6) is 0 Å². The van der Waals surface area contributed by atoms with E-state index < -0.39 is 0 Å². The van der Waals surface area contributed by atoms with E-state index >= 15 is 0 Å². The standard InChI is InChI=1S/C18H19NO/c1-14(2)16-10-8-15(9-11-16)12-18(19-13-20)17-6-4-3-5-7-17/h3-11,14,18H,12H2,1-2H3. The second-order valence-electron chi connectivity index (χ2n) is 5.25. The number of aliphatic imine (C=N–C) groups is 1. The number of carbonyl (C=O) groups excluding carboxylic acids is 1. The number of hydrogen-bond acceptors (Lipinski definition) is 2. The highest BCUT2D eigenvalue weighted by atomic mass is 16.1. The van der Waals surface area contributed by atoms with Crippen molar-refractivity contribution in [3.05, 3.63) is 71.3 Å². The van der Waals surface area contributed by atoms with E-state index in [1.54, 1.807) is 6.08 Å². The van der Waals surface area contributed by atoms with Gasteiger partial charge in [-0.2, -0.15) is 4.99 Å². The molecule has 0 spiro atoms. The molecule has 102 valence electrons. The smallest absolute Gasteiger partial charge is 0.211 e. The lowest BCUT2D eigenvalue weighted by molar-refractivity contribution is 0.557. The van der Waals surface area contributed by atoms with Gasteiger partial charge < -0.3 is 0 Å². The fourth-order valence-corrected chi connectivity index (χ4v) is 2.24. The molecule has 2 rings (SSSR count). The predicted molar refractivity (Wildman–Crippen MR) is 81.5 cm³/mol. The van der Waals surface area contributed by atoms with Crippen LogP contribution in [0.25, 0.3) is 0 Å². The van der Waals surface area contributed by atoms with Gasteiger partial charge in [0.05, 0.1) is 6.04 Å². The van der Waals surface area contributed by atoms with Crippen molar-refractivity contribution in [1.29, 1.82) is 0 Å². The number of benzene rings is 2. The Balaban J connectivity index is 2.18. The minimum Gasteiger partial charge on any atom is -0.211 e. The molecular weight excluding hydrogens is 246 g/mol. The molecular formula is C18H19NO. The summed E-state index contributed by atoms with van der Waals surface area (Å²) in [5.41, 5.74) is 3.55. The Hall–Kier alpha value is -2.18. The molecule has 0 radical (unpaired) electrons. The Morgan fingerprint density at radius 1 is 0.950 bits per heavy atom. The van der Waals surface area contributed by atoms with Crippen LogP contribution in [0.15, 0.2) is 59.6 Å². The Labute approximate surface area is 120 Å². The van der Waals surface area contributed by atoms with Crippen molar-refractivity contribution in [3.8, 4) is 0 Å². The molecule has 2 aromatic rings. The highest BCUT2D eigenvalue weighted by molar-refractivity contribution is 5.36. The van der Waals surface area contributed by atoms with E-state index in [0.717, 1.165) is 12.0 Å². The third-order valence-electron chi connectivity index (χ3n) is 3.47. The van der Waals surface area contributed by atoms with Crippen LogP contribution in [-0.4, -0.2) is 6.08 Å².